The van der Waals surface area contributed by atoms with Gasteiger partial charge in [-0.3, -0.25) is 14.3 Å². The Morgan fingerprint density at radius 3 is 2.76 bits per heavy atom. The number of morpholine rings is 1. The van der Waals surface area contributed by atoms with E-state index in [0.29, 0.717) is 6.42 Å². The van der Waals surface area contributed by atoms with Crippen LogP contribution in [0.1, 0.15) is 30.8 Å². The van der Waals surface area contributed by atoms with Gasteiger partial charge in [-0.1, -0.05) is 6.92 Å². The van der Waals surface area contributed by atoms with E-state index in [4.69, 9.17) is 4.74 Å². The standard InChI is InChI=1S/C17H18F3N5O4/c1-3-16-7-25(14-21-5-4-9(22-14)17(18,19)20)10(11(16)26)13(29-16)24-6-8(2)12(27)23-15(24)28/h4-6,10-11,13,26H,3,7H2,1-2H3,(H,23,27,28)/t10-,11+,13-,16+/m1/s1. The fourth-order valence-electron chi connectivity index (χ4n) is 3.95. The molecule has 2 aromatic heterocycles. The van der Waals surface area contributed by atoms with Crippen LogP contribution < -0.4 is 16.1 Å². The maximum Gasteiger partial charge on any atom is 0.433 e. The number of nitrogens with one attached hydrogen (secondary N) is 1. The molecule has 4 rings (SSSR count). The number of hydrogen-bond donors (Lipinski definition) is 2. The zero-order valence-electron chi connectivity index (χ0n) is 15.5. The Labute approximate surface area is 161 Å². The molecule has 0 amide bonds. The summed E-state index contributed by atoms with van der Waals surface area (Å²) in [6.07, 6.45) is -4.16. The predicted molar refractivity (Wildman–Crippen MR) is 93.4 cm³/mol. The highest BCUT2D eigenvalue weighted by molar-refractivity contribution is 5.41. The Hall–Kier alpha value is -2.73. The van der Waals surface area contributed by atoms with Crippen LogP contribution in [0.15, 0.2) is 28.0 Å². The summed E-state index contributed by atoms with van der Waals surface area (Å²) >= 11 is 0. The van der Waals surface area contributed by atoms with Gasteiger partial charge in [0.1, 0.15) is 23.4 Å². The molecule has 0 saturated carbocycles. The molecule has 2 aliphatic rings. The molecular formula is C17H18F3N5O4. The highest BCUT2D eigenvalue weighted by atomic mass is 19.4. The minimum absolute atomic E-state index is 0.0598. The van der Waals surface area contributed by atoms with Crippen molar-refractivity contribution in [2.75, 3.05) is 11.4 Å². The van der Waals surface area contributed by atoms with E-state index in [-0.39, 0.29) is 18.1 Å². The van der Waals surface area contributed by atoms with Gasteiger partial charge in [0.05, 0.1) is 6.54 Å². The van der Waals surface area contributed by atoms with Crippen LogP contribution in [0.3, 0.4) is 0 Å². The minimum atomic E-state index is -4.65. The molecule has 0 spiro atoms. The summed E-state index contributed by atoms with van der Waals surface area (Å²) < 4.78 is 46.3. The van der Waals surface area contributed by atoms with Crippen molar-refractivity contribution in [1.29, 1.82) is 0 Å². The van der Waals surface area contributed by atoms with Crippen molar-refractivity contribution in [3.05, 3.63) is 50.6 Å². The Kier molecular flexibility index (Phi) is 4.31. The number of aryl methyl sites for hydroxylation is 1. The SMILES string of the molecule is CC[C@@]12CN(c3nccc(C(F)(F)F)n3)[C@@H]([C@H](n3cc(C)c(=O)[nH]c3=O)O1)[C@@H]2O. The maximum absolute atomic E-state index is 13.1. The molecule has 2 saturated heterocycles. The van der Waals surface area contributed by atoms with Crippen LogP contribution in [0.4, 0.5) is 19.1 Å². The first kappa shape index (κ1) is 19.6. The molecule has 2 aromatic rings. The lowest BCUT2D eigenvalue weighted by molar-refractivity contribution is -0.141. The monoisotopic (exact) mass is 413 g/mol. The van der Waals surface area contributed by atoms with Crippen LogP contribution in [-0.2, 0) is 10.9 Å². The van der Waals surface area contributed by atoms with Crippen LogP contribution in [0.5, 0.6) is 0 Å². The molecule has 4 atom stereocenters. The molecule has 0 unspecified atom stereocenters. The molecule has 2 aliphatic heterocycles. The van der Waals surface area contributed by atoms with E-state index in [9.17, 15) is 27.9 Å². The average molecular weight is 413 g/mol. The fourth-order valence-corrected chi connectivity index (χ4v) is 3.95. The number of nitrogens with zero attached hydrogens (tertiary/aromatic N) is 4. The first-order valence-electron chi connectivity index (χ1n) is 8.92. The van der Waals surface area contributed by atoms with Gasteiger partial charge in [0, 0.05) is 18.0 Å². The highest BCUT2D eigenvalue weighted by Gasteiger charge is 2.64. The largest absolute Gasteiger partial charge is 0.433 e. The Balaban J connectivity index is 1.80. The minimum Gasteiger partial charge on any atom is -0.388 e. The van der Waals surface area contributed by atoms with E-state index in [1.165, 1.54) is 18.0 Å². The topological polar surface area (TPSA) is 113 Å². The number of halogens is 3. The number of aromatic nitrogens is 4. The van der Waals surface area contributed by atoms with Crippen LogP contribution in [0.2, 0.25) is 0 Å². The van der Waals surface area contributed by atoms with E-state index < -0.39 is 47.1 Å². The lowest BCUT2D eigenvalue weighted by Gasteiger charge is -2.37. The van der Waals surface area contributed by atoms with Crippen molar-refractivity contribution in [2.24, 2.45) is 0 Å². The van der Waals surface area contributed by atoms with Crippen LogP contribution in [0, 0.1) is 6.92 Å². The van der Waals surface area contributed by atoms with Gasteiger partial charge >= 0.3 is 11.9 Å². The van der Waals surface area contributed by atoms with E-state index in [1.54, 1.807) is 6.92 Å². The lowest BCUT2D eigenvalue weighted by Crippen LogP contribution is -2.49. The maximum atomic E-state index is 13.1. The molecule has 2 bridgehead atoms. The molecule has 2 N–H and O–H groups in total. The third-order valence-corrected chi connectivity index (χ3v) is 5.52. The summed E-state index contributed by atoms with van der Waals surface area (Å²) in [4.78, 5) is 35.1. The van der Waals surface area contributed by atoms with E-state index >= 15 is 0 Å². The van der Waals surface area contributed by atoms with Crippen molar-refractivity contribution >= 4 is 5.95 Å². The van der Waals surface area contributed by atoms with Crippen LogP contribution >= 0.6 is 0 Å². The fraction of sp³-hybridized carbons (Fsp3) is 0.529. The number of H-pyrrole nitrogens is 1. The van der Waals surface area contributed by atoms with Crippen molar-refractivity contribution < 1.29 is 23.0 Å². The van der Waals surface area contributed by atoms with E-state index in [0.717, 1.165) is 16.8 Å². The second kappa shape index (κ2) is 6.39. The Bertz CT molecular complexity index is 1070. The van der Waals surface area contributed by atoms with Crippen LogP contribution in [0.25, 0.3) is 0 Å². The van der Waals surface area contributed by atoms with E-state index in [2.05, 4.69) is 15.0 Å². The highest BCUT2D eigenvalue weighted by Crippen LogP contribution is 2.48. The molecule has 0 radical (unpaired) electrons. The molecule has 156 valence electrons. The number of ether oxygens (including phenoxy) is 1. The average Bonchev–Trinajstić information content (AvgIpc) is 3.12. The molecule has 4 heterocycles. The first-order chi connectivity index (χ1) is 13.6. The molecule has 29 heavy (non-hydrogen) atoms. The second-order valence-electron chi connectivity index (χ2n) is 7.21. The number of hydrogen-bond acceptors (Lipinski definition) is 7. The van der Waals surface area contributed by atoms with Gasteiger partial charge in [0.2, 0.25) is 5.95 Å². The number of rotatable bonds is 3. The third-order valence-electron chi connectivity index (χ3n) is 5.52. The molecule has 9 nitrogen and oxygen atoms in total. The smallest absolute Gasteiger partial charge is 0.388 e. The van der Waals surface area contributed by atoms with Crippen molar-refractivity contribution in [1.82, 2.24) is 19.5 Å². The number of aromatic amines is 1. The van der Waals surface area contributed by atoms with Crippen LogP contribution in [-0.4, -0.2) is 48.9 Å². The summed E-state index contributed by atoms with van der Waals surface area (Å²) in [7, 11) is 0. The molecule has 0 aromatic carbocycles. The number of alkyl halides is 3. The molecule has 12 heteroatoms. The zero-order chi connectivity index (χ0) is 21.1. The van der Waals surface area contributed by atoms with Gasteiger partial charge in [-0.25, -0.2) is 14.8 Å². The van der Waals surface area contributed by atoms with Gasteiger partial charge in [-0.05, 0) is 19.4 Å². The van der Waals surface area contributed by atoms with Gasteiger partial charge < -0.3 is 14.7 Å². The van der Waals surface area contributed by atoms with Gasteiger partial charge in [0.15, 0.2) is 6.23 Å². The lowest BCUT2D eigenvalue weighted by atomic mass is 9.96. The Morgan fingerprint density at radius 1 is 1.41 bits per heavy atom. The van der Waals surface area contributed by atoms with Gasteiger partial charge in [-0.15, -0.1) is 0 Å². The summed E-state index contributed by atoms with van der Waals surface area (Å²) in [6.45, 7) is 3.33. The van der Waals surface area contributed by atoms with Crippen molar-refractivity contribution in [2.45, 2.75) is 50.4 Å². The van der Waals surface area contributed by atoms with E-state index in [1.807, 2.05) is 0 Å². The molecular weight excluding hydrogens is 395 g/mol. The number of anilines is 1. The summed E-state index contributed by atoms with van der Waals surface area (Å²) in [5.41, 5.74) is -3.28. The predicted octanol–water partition coefficient (Wildman–Crippen LogP) is 0.581. The second-order valence-corrected chi connectivity index (χ2v) is 7.21. The number of aliphatic hydroxyl groups excluding tert-OH is 1. The number of aliphatic hydroxyl groups is 1. The third kappa shape index (κ3) is 2.94. The molecule has 0 aliphatic carbocycles. The summed E-state index contributed by atoms with van der Waals surface area (Å²) in [5, 5.41) is 10.9. The summed E-state index contributed by atoms with van der Waals surface area (Å²) in [6, 6.07) is -0.158. The van der Waals surface area contributed by atoms with Crippen molar-refractivity contribution in [3.8, 4) is 0 Å². The summed E-state index contributed by atoms with van der Waals surface area (Å²) in [5.74, 6) is -0.221. The number of fused-ring (bicyclic) bond motifs is 2. The first-order valence-corrected chi connectivity index (χ1v) is 8.92. The van der Waals surface area contributed by atoms with Gasteiger partial charge in [-0.2, -0.15) is 13.2 Å². The zero-order valence-corrected chi connectivity index (χ0v) is 15.5. The quantitative estimate of drug-likeness (QED) is 0.757. The van der Waals surface area contributed by atoms with Gasteiger partial charge in [0.25, 0.3) is 5.56 Å². The van der Waals surface area contributed by atoms with Crippen molar-refractivity contribution in [3.63, 3.8) is 0 Å². The molecule has 2 fully saturated rings. The Morgan fingerprint density at radius 2 is 2.14 bits per heavy atom. The normalized spacial score (nSPS) is 28.9.